The molecule has 0 radical (unpaired) electrons. The smallest absolute Gasteiger partial charge is 0.326 e. The molecule has 2 rings (SSSR count). The van der Waals surface area contributed by atoms with Crippen molar-refractivity contribution >= 4 is 41.4 Å². The third kappa shape index (κ3) is 10.8. The van der Waals surface area contributed by atoms with Crippen molar-refractivity contribution in [2.75, 3.05) is 19.6 Å². The molecule has 16 nitrogen and oxygen atoms in total. The van der Waals surface area contributed by atoms with Gasteiger partial charge >= 0.3 is 5.97 Å². The summed E-state index contributed by atoms with van der Waals surface area (Å²) in [4.78, 5) is 88.2. The van der Waals surface area contributed by atoms with Gasteiger partial charge in [0.15, 0.2) is 0 Å². The van der Waals surface area contributed by atoms with Gasteiger partial charge in [-0.05, 0) is 42.9 Å². The van der Waals surface area contributed by atoms with Crippen molar-refractivity contribution < 1.29 is 43.8 Å². The molecule has 4 atom stereocenters. The molecule has 0 aliphatic carbocycles. The molecule has 0 aromatic heterocycles. The van der Waals surface area contributed by atoms with Crippen LogP contribution in [0, 0.1) is 5.92 Å². The minimum atomic E-state index is -1.30. The number of carboxylic acid groups (broad SMARTS) is 1. The number of rotatable bonds is 16. The number of nitrogens with one attached hydrogen (secondary N) is 4. The average Bonchev–Trinajstić information content (AvgIpc) is 3.46. The molecule has 1 aliphatic heterocycles. The van der Waals surface area contributed by atoms with Crippen LogP contribution in [0.5, 0.6) is 5.75 Å². The van der Waals surface area contributed by atoms with Crippen molar-refractivity contribution in [1.29, 1.82) is 0 Å². The summed E-state index contributed by atoms with van der Waals surface area (Å²) in [5.74, 6) is -5.81. The summed E-state index contributed by atoms with van der Waals surface area (Å²) in [6, 6.07) is 1.54. The molecule has 6 amide bonds. The maximum Gasteiger partial charge on any atom is 0.326 e. The summed E-state index contributed by atoms with van der Waals surface area (Å²) in [5.41, 5.74) is 11.2. The van der Waals surface area contributed by atoms with Crippen molar-refractivity contribution in [2.24, 2.45) is 17.4 Å². The number of likely N-dealkylation sites (tertiary alicyclic amines) is 1. The topological polar surface area (TPSA) is 263 Å². The van der Waals surface area contributed by atoms with E-state index in [1.807, 2.05) is 0 Å². The summed E-state index contributed by atoms with van der Waals surface area (Å²) in [6.45, 7) is 2.47. The Bertz CT molecular complexity index is 1220. The summed E-state index contributed by atoms with van der Waals surface area (Å²) in [6.07, 6.45) is 0.392. The van der Waals surface area contributed by atoms with Gasteiger partial charge in [-0.25, -0.2) is 4.79 Å². The van der Waals surface area contributed by atoms with Gasteiger partial charge in [-0.2, -0.15) is 0 Å². The predicted molar refractivity (Wildman–Crippen MR) is 155 cm³/mol. The lowest BCUT2D eigenvalue weighted by Crippen LogP contribution is -2.56. The fraction of sp³-hybridized carbons (Fsp3) is 0.536. The minimum absolute atomic E-state index is 0.0303. The van der Waals surface area contributed by atoms with Gasteiger partial charge in [0, 0.05) is 19.4 Å². The van der Waals surface area contributed by atoms with Gasteiger partial charge in [0.05, 0.1) is 13.1 Å². The molecule has 10 N–H and O–H groups in total. The van der Waals surface area contributed by atoms with Gasteiger partial charge in [0.2, 0.25) is 35.4 Å². The molecule has 44 heavy (non-hydrogen) atoms. The summed E-state index contributed by atoms with van der Waals surface area (Å²) in [5, 5.41) is 28.7. The Hall–Kier alpha value is -4.73. The Kier molecular flexibility index (Phi) is 13.5. The van der Waals surface area contributed by atoms with E-state index in [0.29, 0.717) is 18.4 Å². The van der Waals surface area contributed by atoms with Crippen LogP contribution in [0.4, 0.5) is 0 Å². The van der Waals surface area contributed by atoms with E-state index in [4.69, 9.17) is 11.5 Å². The van der Waals surface area contributed by atoms with Crippen molar-refractivity contribution in [1.82, 2.24) is 26.2 Å². The zero-order chi connectivity index (χ0) is 33.0. The Morgan fingerprint density at radius 1 is 0.977 bits per heavy atom. The SMILES string of the molecule is CC(C)[C@H](NC(=O)[C@H](CCC(N)=O)NC(=O)CNC(=O)[C@H]1CCCN1C(=O)[C@H](Cc1ccc(O)cc1)NC(=O)CN)C(=O)O. The van der Waals surface area contributed by atoms with Crippen LogP contribution in [0.2, 0.25) is 0 Å². The average molecular weight is 620 g/mol. The third-order valence-corrected chi connectivity index (χ3v) is 7.02. The van der Waals surface area contributed by atoms with Crippen LogP contribution in [0.1, 0.15) is 45.1 Å². The highest BCUT2D eigenvalue weighted by molar-refractivity contribution is 5.95. The number of hydrogen-bond acceptors (Lipinski definition) is 9. The second-order valence-corrected chi connectivity index (χ2v) is 10.8. The number of phenolic OH excluding ortho intramolecular Hbond substituents is 1. The van der Waals surface area contributed by atoms with E-state index < -0.39 is 78.0 Å². The second kappa shape index (κ2) is 16.8. The molecule has 1 saturated heterocycles. The van der Waals surface area contributed by atoms with E-state index in [2.05, 4.69) is 21.3 Å². The second-order valence-electron chi connectivity index (χ2n) is 10.8. The molecular weight excluding hydrogens is 578 g/mol. The first kappa shape index (κ1) is 35.5. The summed E-state index contributed by atoms with van der Waals surface area (Å²) in [7, 11) is 0. The molecule has 0 spiro atoms. The number of aliphatic carboxylic acids is 1. The standard InChI is InChI=1S/C28H41N7O9/c1-15(2)24(28(43)44)34-25(40)18(9-10-21(30)37)32-23(39)14-31-26(41)20-4-3-11-35(20)27(42)19(33-22(38)13-29)12-16-5-7-17(36)8-6-16/h5-8,15,18-20,24,36H,3-4,9-14,29H2,1-2H3,(H2,30,37)(H,31,41)(H,32,39)(H,33,38)(H,34,40)(H,43,44)/t18-,19-,20+,24-/m0/s1. The Morgan fingerprint density at radius 3 is 2.18 bits per heavy atom. The number of phenols is 1. The number of amides is 6. The summed E-state index contributed by atoms with van der Waals surface area (Å²) >= 11 is 0. The monoisotopic (exact) mass is 619 g/mol. The van der Waals surface area contributed by atoms with E-state index in [9.17, 15) is 43.8 Å². The Labute approximate surface area is 254 Å². The largest absolute Gasteiger partial charge is 0.508 e. The minimum Gasteiger partial charge on any atom is -0.508 e. The zero-order valence-corrected chi connectivity index (χ0v) is 24.7. The lowest BCUT2D eigenvalue weighted by Gasteiger charge is -2.29. The molecule has 1 fully saturated rings. The van der Waals surface area contributed by atoms with Gasteiger partial charge in [-0.1, -0.05) is 26.0 Å². The first-order chi connectivity index (χ1) is 20.7. The van der Waals surface area contributed by atoms with Crippen LogP contribution >= 0.6 is 0 Å². The molecule has 0 saturated carbocycles. The van der Waals surface area contributed by atoms with E-state index in [-0.39, 0.29) is 38.1 Å². The van der Waals surface area contributed by atoms with Crippen LogP contribution in [-0.4, -0.2) is 100 Å². The van der Waals surface area contributed by atoms with Crippen molar-refractivity contribution in [2.45, 2.75) is 70.1 Å². The van der Waals surface area contributed by atoms with Gasteiger partial charge in [-0.3, -0.25) is 28.8 Å². The maximum atomic E-state index is 13.5. The van der Waals surface area contributed by atoms with Crippen LogP contribution in [-0.2, 0) is 40.0 Å². The Morgan fingerprint density at radius 2 is 1.61 bits per heavy atom. The first-order valence-electron chi connectivity index (χ1n) is 14.2. The fourth-order valence-electron chi connectivity index (χ4n) is 4.68. The molecule has 0 bridgehead atoms. The number of hydrogen-bond donors (Lipinski definition) is 8. The molecule has 1 aromatic carbocycles. The molecule has 16 heteroatoms. The molecular formula is C28H41N7O9. The molecule has 242 valence electrons. The zero-order valence-electron chi connectivity index (χ0n) is 24.7. The third-order valence-electron chi connectivity index (χ3n) is 7.02. The van der Waals surface area contributed by atoms with Gasteiger partial charge in [0.1, 0.15) is 29.9 Å². The van der Waals surface area contributed by atoms with E-state index in [0.717, 1.165) is 0 Å². The van der Waals surface area contributed by atoms with E-state index in [1.54, 1.807) is 26.0 Å². The van der Waals surface area contributed by atoms with Gasteiger partial charge < -0.3 is 47.8 Å². The van der Waals surface area contributed by atoms with E-state index in [1.165, 1.54) is 17.0 Å². The lowest BCUT2D eigenvalue weighted by molar-refractivity contribution is -0.143. The molecule has 1 heterocycles. The first-order valence-corrected chi connectivity index (χ1v) is 14.2. The highest BCUT2D eigenvalue weighted by Gasteiger charge is 2.38. The number of carbonyl (C=O) groups excluding carboxylic acids is 6. The van der Waals surface area contributed by atoms with Crippen LogP contribution in [0.25, 0.3) is 0 Å². The predicted octanol–water partition coefficient (Wildman–Crippen LogP) is -2.54. The highest BCUT2D eigenvalue weighted by atomic mass is 16.4. The number of benzene rings is 1. The molecule has 1 aromatic rings. The number of carboxylic acids is 1. The number of aromatic hydroxyl groups is 1. The lowest BCUT2D eigenvalue weighted by atomic mass is 10.0. The van der Waals surface area contributed by atoms with Crippen molar-refractivity contribution in [3.8, 4) is 5.75 Å². The fourth-order valence-corrected chi connectivity index (χ4v) is 4.68. The number of carbonyl (C=O) groups is 7. The normalized spacial score (nSPS) is 16.4. The van der Waals surface area contributed by atoms with Crippen LogP contribution < -0.4 is 32.7 Å². The van der Waals surface area contributed by atoms with Crippen molar-refractivity contribution in [3.05, 3.63) is 29.8 Å². The van der Waals surface area contributed by atoms with Crippen LogP contribution in [0.15, 0.2) is 24.3 Å². The number of primary amides is 1. The molecule has 0 unspecified atom stereocenters. The molecule has 1 aliphatic rings. The van der Waals surface area contributed by atoms with Gasteiger partial charge in [0.25, 0.3) is 0 Å². The highest BCUT2D eigenvalue weighted by Crippen LogP contribution is 2.20. The number of nitrogens with two attached hydrogens (primary N) is 2. The quantitative estimate of drug-likeness (QED) is 0.0961. The van der Waals surface area contributed by atoms with Crippen LogP contribution in [0.3, 0.4) is 0 Å². The van der Waals surface area contributed by atoms with E-state index >= 15 is 0 Å². The summed E-state index contributed by atoms with van der Waals surface area (Å²) < 4.78 is 0. The van der Waals surface area contributed by atoms with Crippen molar-refractivity contribution in [3.63, 3.8) is 0 Å². The number of nitrogens with zero attached hydrogens (tertiary/aromatic N) is 1. The van der Waals surface area contributed by atoms with Gasteiger partial charge in [-0.15, -0.1) is 0 Å². The maximum absolute atomic E-state index is 13.5. The Balaban J connectivity index is 2.07.